The van der Waals surface area contributed by atoms with Crippen molar-refractivity contribution in [3.63, 3.8) is 0 Å². The highest BCUT2D eigenvalue weighted by Crippen LogP contribution is 2.29. The van der Waals surface area contributed by atoms with Crippen LogP contribution in [-0.4, -0.2) is 18.1 Å². The van der Waals surface area contributed by atoms with Crippen molar-refractivity contribution >= 4 is 39.0 Å². The Morgan fingerprint density at radius 3 is 2.45 bits per heavy atom. The van der Waals surface area contributed by atoms with E-state index in [2.05, 4.69) is 26.6 Å². The lowest BCUT2D eigenvalue weighted by atomic mass is 10.2. The summed E-state index contributed by atoms with van der Waals surface area (Å²) >= 11 is 3.30. The maximum Gasteiger partial charge on any atom is 0.323 e. The second-order valence-electron chi connectivity index (χ2n) is 4.23. The van der Waals surface area contributed by atoms with Crippen molar-refractivity contribution in [1.82, 2.24) is 0 Å². The summed E-state index contributed by atoms with van der Waals surface area (Å²) in [7, 11) is 1.42. The standard InChI is InChI=1S/C14H12BrN3O4/c1-22-13-7-6-11(18(20)21)8-12(13)17-14(19)16-10-4-2-9(15)3-5-10/h2-8H,1H3,(H2,16,17,19). The van der Waals surface area contributed by atoms with Crippen molar-refractivity contribution in [3.05, 3.63) is 57.1 Å². The zero-order valence-corrected chi connectivity index (χ0v) is 13.1. The molecule has 0 fully saturated rings. The molecule has 7 nitrogen and oxygen atoms in total. The summed E-state index contributed by atoms with van der Waals surface area (Å²) < 4.78 is 5.96. The van der Waals surface area contributed by atoms with Crippen molar-refractivity contribution in [2.24, 2.45) is 0 Å². The number of hydrogen-bond donors (Lipinski definition) is 2. The summed E-state index contributed by atoms with van der Waals surface area (Å²) in [6, 6.07) is 10.4. The van der Waals surface area contributed by atoms with Gasteiger partial charge in [-0.25, -0.2) is 4.79 Å². The highest BCUT2D eigenvalue weighted by Gasteiger charge is 2.13. The Morgan fingerprint density at radius 1 is 1.18 bits per heavy atom. The number of benzene rings is 2. The van der Waals surface area contributed by atoms with Crippen LogP contribution < -0.4 is 15.4 Å². The average Bonchev–Trinajstić information content (AvgIpc) is 2.49. The normalized spacial score (nSPS) is 9.91. The molecule has 0 heterocycles. The third-order valence-corrected chi connectivity index (χ3v) is 3.27. The molecule has 0 aliphatic carbocycles. The Bertz CT molecular complexity index is 704. The summed E-state index contributed by atoms with van der Waals surface area (Å²) in [4.78, 5) is 22.2. The lowest BCUT2D eigenvalue weighted by Crippen LogP contribution is -2.19. The number of non-ortho nitro benzene ring substituents is 1. The highest BCUT2D eigenvalue weighted by atomic mass is 79.9. The van der Waals surface area contributed by atoms with Crippen molar-refractivity contribution in [3.8, 4) is 5.75 Å². The molecule has 114 valence electrons. The van der Waals surface area contributed by atoms with Gasteiger partial charge in [0.05, 0.1) is 17.7 Å². The fraction of sp³-hybridized carbons (Fsp3) is 0.0714. The van der Waals surface area contributed by atoms with Gasteiger partial charge in [-0.1, -0.05) is 15.9 Å². The van der Waals surface area contributed by atoms with Gasteiger partial charge in [-0.15, -0.1) is 0 Å². The number of nitrogens with zero attached hydrogens (tertiary/aromatic N) is 1. The second-order valence-corrected chi connectivity index (χ2v) is 5.14. The van der Waals surface area contributed by atoms with Gasteiger partial charge in [0.2, 0.25) is 0 Å². The number of nitrogens with one attached hydrogen (secondary N) is 2. The number of amides is 2. The topological polar surface area (TPSA) is 93.5 Å². The second kappa shape index (κ2) is 6.90. The molecule has 2 amide bonds. The van der Waals surface area contributed by atoms with Crippen molar-refractivity contribution in [2.45, 2.75) is 0 Å². The van der Waals surface area contributed by atoms with E-state index in [-0.39, 0.29) is 11.4 Å². The first-order valence-corrected chi connectivity index (χ1v) is 6.95. The summed E-state index contributed by atoms with van der Waals surface area (Å²) in [6.45, 7) is 0. The van der Waals surface area contributed by atoms with Crippen molar-refractivity contribution in [1.29, 1.82) is 0 Å². The van der Waals surface area contributed by atoms with Crippen LogP contribution in [0.3, 0.4) is 0 Å². The molecule has 0 aliphatic heterocycles. The van der Waals surface area contributed by atoms with Crippen LogP contribution in [0, 0.1) is 10.1 Å². The van der Waals surface area contributed by atoms with Crippen LogP contribution in [-0.2, 0) is 0 Å². The number of urea groups is 1. The Hall–Kier alpha value is -2.61. The summed E-state index contributed by atoms with van der Waals surface area (Å²) in [5, 5.41) is 15.9. The van der Waals surface area contributed by atoms with E-state index in [1.54, 1.807) is 24.3 Å². The average molecular weight is 366 g/mol. The SMILES string of the molecule is COc1ccc([N+](=O)[O-])cc1NC(=O)Nc1ccc(Br)cc1. The molecule has 0 aliphatic rings. The van der Waals surface area contributed by atoms with Gasteiger partial charge in [-0.3, -0.25) is 10.1 Å². The van der Waals surface area contributed by atoms with E-state index in [0.717, 1.165) is 4.47 Å². The van der Waals surface area contributed by atoms with E-state index in [0.29, 0.717) is 11.4 Å². The Balaban J connectivity index is 2.14. The van der Waals surface area contributed by atoms with Gasteiger partial charge < -0.3 is 15.4 Å². The van der Waals surface area contributed by atoms with E-state index in [9.17, 15) is 14.9 Å². The van der Waals surface area contributed by atoms with E-state index >= 15 is 0 Å². The van der Waals surface area contributed by atoms with Gasteiger partial charge in [0.25, 0.3) is 5.69 Å². The molecular formula is C14H12BrN3O4. The Labute approximate surface area is 134 Å². The smallest absolute Gasteiger partial charge is 0.323 e. The summed E-state index contributed by atoms with van der Waals surface area (Å²) in [5.41, 5.74) is 0.663. The number of ether oxygens (including phenoxy) is 1. The Morgan fingerprint density at radius 2 is 1.86 bits per heavy atom. The maximum absolute atomic E-state index is 12.0. The maximum atomic E-state index is 12.0. The first-order valence-electron chi connectivity index (χ1n) is 6.15. The van der Waals surface area contributed by atoms with Crippen LogP contribution in [0.5, 0.6) is 5.75 Å². The molecule has 8 heteroatoms. The lowest BCUT2D eigenvalue weighted by molar-refractivity contribution is -0.384. The highest BCUT2D eigenvalue weighted by molar-refractivity contribution is 9.10. The molecule has 0 aromatic heterocycles. The molecule has 0 spiro atoms. The molecule has 2 N–H and O–H groups in total. The zero-order chi connectivity index (χ0) is 16.1. The van der Waals surface area contributed by atoms with E-state index in [1.807, 2.05) is 0 Å². The third-order valence-electron chi connectivity index (χ3n) is 2.74. The van der Waals surface area contributed by atoms with Gasteiger partial charge in [0, 0.05) is 22.3 Å². The first kappa shape index (κ1) is 15.8. The molecule has 0 atom stereocenters. The quantitative estimate of drug-likeness (QED) is 0.632. The van der Waals surface area contributed by atoms with E-state index < -0.39 is 11.0 Å². The van der Waals surface area contributed by atoms with Gasteiger partial charge in [-0.2, -0.15) is 0 Å². The van der Waals surface area contributed by atoms with Crippen molar-refractivity contribution in [2.75, 3.05) is 17.7 Å². The van der Waals surface area contributed by atoms with E-state index in [4.69, 9.17) is 4.74 Å². The molecule has 0 bridgehead atoms. The summed E-state index contributed by atoms with van der Waals surface area (Å²) in [6.07, 6.45) is 0. The van der Waals surface area contributed by atoms with Crippen LogP contribution in [0.15, 0.2) is 46.9 Å². The molecule has 2 rings (SSSR count). The number of hydrogen-bond acceptors (Lipinski definition) is 4. The summed E-state index contributed by atoms with van der Waals surface area (Å²) in [5.74, 6) is 0.330. The van der Waals surface area contributed by atoms with Crippen LogP contribution in [0.1, 0.15) is 0 Å². The van der Waals surface area contributed by atoms with Crippen molar-refractivity contribution < 1.29 is 14.5 Å². The minimum atomic E-state index is -0.544. The van der Waals surface area contributed by atoms with Crippen LogP contribution >= 0.6 is 15.9 Å². The van der Waals surface area contributed by atoms with Crippen LogP contribution in [0.4, 0.5) is 21.9 Å². The van der Waals surface area contributed by atoms with E-state index in [1.165, 1.54) is 25.3 Å². The number of carbonyl (C=O) groups excluding carboxylic acids is 1. The molecule has 2 aromatic rings. The number of methoxy groups -OCH3 is 1. The Kier molecular flexibility index (Phi) is 4.95. The number of carbonyl (C=O) groups is 1. The molecule has 0 saturated heterocycles. The minimum absolute atomic E-state index is 0.139. The monoisotopic (exact) mass is 365 g/mol. The fourth-order valence-electron chi connectivity index (χ4n) is 1.73. The van der Waals surface area contributed by atoms with Crippen LogP contribution in [0.2, 0.25) is 0 Å². The number of anilines is 2. The molecule has 0 saturated carbocycles. The molecule has 0 unspecified atom stereocenters. The molecule has 22 heavy (non-hydrogen) atoms. The molecule has 2 aromatic carbocycles. The number of rotatable bonds is 4. The number of halogens is 1. The fourth-order valence-corrected chi connectivity index (χ4v) is 1.99. The molecular weight excluding hydrogens is 354 g/mol. The number of nitro benzene ring substituents is 1. The number of nitro groups is 1. The molecule has 0 radical (unpaired) electrons. The van der Waals surface area contributed by atoms with Gasteiger partial charge in [0.1, 0.15) is 5.75 Å². The minimum Gasteiger partial charge on any atom is -0.495 e. The van der Waals surface area contributed by atoms with Gasteiger partial charge in [0.15, 0.2) is 0 Å². The van der Waals surface area contributed by atoms with Gasteiger partial charge in [-0.05, 0) is 30.3 Å². The predicted octanol–water partition coefficient (Wildman–Crippen LogP) is 4.01. The van der Waals surface area contributed by atoms with Crippen LogP contribution in [0.25, 0.3) is 0 Å². The zero-order valence-electron chi connectivity index (χ0n) is 11.5. The first-order chi connectivity index (χ1) is 10.5. The third kappa shape index (κ3) is 3.95. The largest absolute Gasteiger partial charge is 0.495 e. The van der Waals surface area contributed by atoms with Gasteiger partial charge >= 0.3 is 6.03 Å². The lowest BCUT2D eigenvalue weighted by Gasteiger charge is -2.11. The predicted molar refractivity (Wildman–Crippen MR) is 86.4 cm³/mol.